The van der Waals surface area contributed by atoms with Crippen LogP contribution in [0.3, 0.4) is 0 Å². The second kappa shape index (κ2) is 6.06. The van der Waals surface area contributed by atoms with Crippen molar-refractivity contribution in [2.24, 2.45) is 0 Å². The first-order valence-corrected chi connectivity index (χ1v) is 8.22. The average Bonchev–Trinajstić information content (AvgIpc) is 3.17. The normalized spacial score (nSPS) is 13.5. The second-order valence-corrected chi connectivity index (χ2v) is 6.32. The number of fused-ring (bicyclic) bond motifs is 1. The highest BCUT2D eigenvalue weighted by atomic mass is 19.4. The van der Waals surface area contributed by atoms with Gasteiger partial charge in [0, 0.05) is 18.5 Å². The Morgan fingerprint density at radius 2 is 1.79 bits per heavy atom. The van der Waals surface area contributed by atoms with E-state index in [1.54, 1.807) is 6.92 Å². The maximum absolute atomic E-state index is 13.3. The van der Waals surface area contributed by atoms with Crippen LogP contribution in [0.15, 0.2) is 41.5 Å². The third kappa shape index (κ3) is 2.78. The highest BCUT2D eigenvalue weighted by Gasteiger charge is 2.34. The van der Waals surface area contributed by atoms with Crippen molar-refractivity contribution in [2.45, 2.75) is 13.1 Å². The SMILES string of the molecule is Cc1nccn1-c1ccc(C(F)(F)F)cc1-n1c(N)c2c(cc1=O)C(=O)NC2=O. The Hall–Kier alpha value is -3.89. The molecule has 29 heavy (non-hydrogen) atoms. The molecule has 0 aliphatic carbocycles. The highest BCUT2D eigenvalue weighted by molar-refractivity contribution is 6.23. The Labute approximate surface area is 160 Å². The summed E-state index contributed by atoms with van der Waals surface area (Å²) in [6.45, 7) is 1.63. The van der Waals surface area contributed by atoms with Crippen molar-refractivity contribution in [1.82, 2.24) is 19.4 Å². The van der Waals surface area contributed by atoms with E-state index in [1.165, 1.54) is 23.0 Å². The van der Waals surface area contributed by atoms with Crippen LogP contribution in [-0.2, 0) is 6.18 Å². The fourth-order valence-electron chi connectivity index (χ4n) is 3.24. The molecule has 0 saturated heterocycles. The quantitative estimate of drug-likeness (QED) is 0.634. The molecule has 0 bridgehead atoms. The van der Waals surface area contributed by atoms with Crippen LogP contribution in [0.25, 0.3) is 11.4 Å². The van der Waals surface area contributed by atoms with Crippen LogP contribution in [0.4, 0.5) is 19.0 Å². The Kier molecular flexibility index (Phi) is 3.86. The molecule has 0 atom stereocenters. The molecule has 0 spiro atoms. The number of imidazole rings is 1. The number of aromatic nitrogens is 3. The lowest BCUT2D eigenvalue weighted by molar-refractivity contribution is -0.137. The number of benzene rings is 1. The summed E-state index contributed by atoms with van der Waals surface area (Å²) in [5, 5.41) is 2.01. The summed E-state index contributed by atoms with van der Waals surface area (Å²) >= 11 is 0. The monoisotopic (exact) mass is 403 g/mol. The van der Waals surface area contributed by atoms with Gasteiger partial charge in [-0.2, -0.15) is 13.2 Å². The predicted molar refractivity (Wildman–Crippen MR) is 95.1 cm³/mol. The number of hydrogen-bond acceptors (Lipinski definition) is 5. The van der Waals surface area contributed by atoms with Crippen molar-refractivity contribution in [1.29, 1.82) is 0 Å². The number of nitrogens with two attached hydrogens (primary N) is 1. The summed E-state index contributed by atoms with van der Waals surface area (Å²) in [6.07, 6.45) is -1.73. The van der Waals surface area contributed by atoms with Gasteiger partial charge in [0.2, 0.25) is 0 Å². The average molecular weight is 403 g/mol. The van der Waals surface area contributed by atoms with Crippen molar-refractivity contribution < 1.29 is 22.8 Å². The van der Waals surface area contributed by atoms with Crippen LogP contribution in [0, 0.1) is 6.92 Å². The lowest BCUT2D eigenvalue weighted by Gasteiger charge is -2.19. The van der Waals surface area contributed by atoms with Gasteiger partial charge < -0.3 is 10.3 Å². The van der Waals surface area contributed by atoms with Crippen LogP contribution in [-0.4, -0.2) is 25.9 Å². The lowest BCUT2D eigenvalue weighted by atomic mass is 10.1. The molecule has 0 saturated carbocycles. The molecule has 4 rings (SSSR count). The number of rotatable bonds is 2. The molecule has 2 amide bonds. The number of alkyl halides is 3. The van der Waals surface area contributed by atoms with Crippen molar-refractivity contribution in [3.8, 4) is 11.4 Å². The smallest absolute Gasteiger partial charge is 0.384 e. The van der Waals surface area contributed by atoms with Crippen LogP contribution in [0.5, 0.6) is 0 Å². The Morgan fingerprint density at radius 3 is 2.41 bits per heavy atom. The predicted octanol–water partition coefficient (Wildman–Crippen LogP) is 1.82. The summed E-state index contributed by atoms with van der Waals surface area (Å²) in [7, 11) is 0. The van der Waals surface area contributed by atoms with Crippen molar-refractivity contribution in [2.75, 3.05) is 5.73 Å². The van der Waals surface area contributed by atoms with Gasteiger partial charge in [0.05, 0.1) is 28.1 Å². The number of hydrogen-bond donors (Lipinski definition) is 2. The van der Waals surface area contributed by atoms with E-state index in [-0.39, 0.29) is 22.5 Å². The molecule has 1 aliphatic rings. The molecular formula is C18H12F3N5O3. The first kappa shape index (κ1) is 18.5. The van der Waals surface area contributed by atoms with Crippen LogP contribution in [0.2, 0.25) is 0 Å². The molecule has 0 radical (unpaired) electrons. The zero-order chi connectivity index (χ0) is 21.1. The maximum Gasteiger partial charge on any atom is 0.416 e. The van der Waals surface area contributed by atoms with Gasteiger partial charge in [0.1, 0.15) is 11.6 Å². The van der Waals surface area contributed by atoms with Gasteiger partial charge >= 0.3 is 6.18 Å². The number of nitrogen functional groups attached to an aromatic ring is 1. The Balaban J connectivity index is 2.09. The standard InChI is InChI=1S/C18H12F3N5O3/c1-8-23-4-5-25(8)11-3-2-9(18(19,20)21)6-12(11)26-13(27)7-10-14(15(26)22)17(29)24-16(10)28/h2-7H,22H2,1H3,(H,24,28,29). The maximum atomic E-state index is 13.3. The van der Waals surface area contributed by atoms with Crippen molar-refractivity contribution in [3.05, 3.63) is 69.5 Å². The van der Waals surface area contributed by atoms with E-state index in [0.29, 0.717) is 5.82 Å². The Bertz CT molecular complexity index is 1260. The summed E-state index contributed by atoms with van der Waals surface area (Å²) in [5.41, 5.74) is 3.61. The van der Waals surface area contributed by atoms with E-state index >= 15 is 0 Å². The molecule has 11 heteroatoms. The van der Waals surface area contributed by atoms with Gasteiger partial charge in [-0.15, -0.1) is 0 Å². The molecular weight excluding hydrogens is 391 g/mol. The van der Waals surface area contributed by atoms with E-state index in [2.05, 4.69) is 4.98 Å². The minimum Gasteiger partial charge on any atom is -0.384 e. The fraction of sp³-hybridized carbons (Fsp3) is 0.111. The Morgan fingerprint density at radius 1 is 1.07 bits per heavy atom. The summed E-state index contributed by atoms with van der Waals surface area (Å²) in [6, 6.07) is 3.67. The molecule has 3 heterocycles. The van der Waals surface area contributed by atoms with E-state index in [0.717, 1.165) is 22.8 Å². The zero-order valence-electron chi connectivity index (χ0n) is 14.7. The first-order valence-electron chi connectivity index (χ1n) is 8.22. The van der Waals surface area contributed by atoms with Gasteiger partial charge in [0.15, 0.2) is 0 Å². The third-order valence-electron chi connectivity index (χ3n) is 4.58. The van der Waals surface area contributed by atoms with Gasteiger partial charge in [-0.25, -0.2) is 4.98 Å². The van der Waals surface area contributed by atoms with Gasteiger partial charge in [-0.05, 0) is 25.1 Å². The van der Waals surface area contributed by atoms with Crippen LogP contribution < -0.4 is 16.6 Å². The number of imide groups is 1. The number of carbonyl (C=O) groups is 2. The molecule has 0 unspecified atom stereocenters. The van der Waals surface area contributed by atoms with Crippen molar-refractivity contribution >= 4 is 17.6 Å². The van der Waals surface area contributed by atoms with Gasteiger partial charge in [0.25, 0.3) is 17.4 Å². The molecule has 148 valence electrons. The van der Waals surface area contributed by atoms with Crippen LogP contribution in [0.1, 0.15) is 32.1 Å². The molecule has 2 aromatic heterocycles. The van der Waals surface area contributed by atoms with E-state index in [1.807, 2.05) is 5.32 Å². The molecule has 3 N–H and O–H groups in total. The molecule has 3 aromatic rings. The van der Waals surface area contributed by atoms with E-state index in [4.69, 9.17) is 5.73 Å². The van der Waals surface area contributed by atoms with Gasteiger partial charge in [-0.1, -0.05) is 0 Å². The van der Waals surface area contributed by atoms with Crippen molar-refractivity contribution in [3.63, 3.8) is 0 Å². The largest absolute Gasteiger partial charge is 0.416 e. The summed E-state index contributed by atoms with van der Waals surface area (Å²) in [5.74, 6) is -1.61. The minimum atomic E-state index is -4.68. The number of aryl methyl sites for hydroxylation is 1. The molecule has 1 aromatic carbocycles. The number of halogens is 3. The summed E-state index contributed by atoms with van der Waals surface area (Å²) < 4.78 is 42.2. The number of anilines is 1. The number of amides is 2. The fourth-order valence-corrected chi connectivity index (χ4v) is 3.24. The number of pyridine rings is 1. The van der Waals surface area contributed by atoms with E-state index in [9.17, 15) is 27.6 Å². The van der Waals surface area contributed by atoms with Gasteiger partial charge in [-0.3, -0.25) is 24.3 Å². The summed E-state index contributed by atoms with van der Waals surface area (Å²) in [4.78, 5) is 40.6. The van der Waals surface area contributed by atoms with Crippen LogP contribution >= 0.6 is 0 Å². The lowest BCUT2D eigenvalue weighted by Crippen LogP contribution is -2.25. The third-order valence-corrected chi connectivity index (χ3v) is 4.58. The number of nitrogens with one attached hydrogen (secondary N) is 1. The van der Waals surface area contributed by atoms with E-state index < -0.39 is 34.9 Å². The molecule has 1 aliphatic heterocycles. The first-order chi connectivity index (χ1) is 13.6. The molecule has 8 nitrogen and oxygen atoms in total. The molecule has 0 fully saturated rings. The minimum absolute atomic E-state index is 0.187. The zero-order valence-corrected chi connectivity index (χ0v) is 14.7. The number of nitrogens with zero attached hydrogens (tertiary/aromatic N) is 3. The highest BCUT2D eigenvalue weighted by Crippen LogP contribution is 2.34. The second-order valence-electron chi connectivity index (χ2n) is 6.32. The number of carbonyl (C=O) groups excluding carboxylic acids is 2. The topological polar surface area (TPSA) is 112 Å².